The Morgan fingerprint density at radius 3 is 1.78 bits per heavy atom. The second-order valence-electron chi connectivity index (χ2n) is 10.9. The molecule has 7 amide bonds. The van der Waals surface area contributed by atoms with E-state index in [9.17, 15) is 38.4 Å². The number of benzene rings is 2. The molecule has 2 aromatic carbocycles. The molecule has 15 heteroatoms. The summed E-state index contributed by atoms with van der Waals surface area (Å²) in [5.74, 6) is -3.63. The van der Waals surface area contributed by atoms with Crippen molar-refractivity contribution in [2.75, 3.05) is 11.1 Å². The van der Waals surface area contributed by atoms with Gasteiger partial charge in [0.1, 0.15) is 12.1 Å². The van der Waals surface area contributed by atoms with Crippen LogP contribution in [0.2, 0.25) is 0 Å². The van der Waals surface area contributed by atoms with Gasteiger partial charge in [0.25, 0.3) is 11.8 Å². The average molecular weight is 634 g/mol. The van der Waals surface area contributed by atoms with Crippen LogP contribution in [0.4, 0.5) is 11.4 Å². The van der Waals surface area contributed by atoms with E-state index < -0.39 is 35.8 Å². The van der Waals surface area contributed by atoms with Crippen LogP contribution in [-0.4, -0.2) is 74.3 Å². The van der Waals surface area contributed by atoms with Crippen LogP contribution in [0.25, 0.3) is 0 Å². The number of carboxylic acid groups (broad SMARTS) is 1. The van der Waals surface area contributed by atoms with Gasteiger partial charge in [-0.05, 0) is 37.1 Å². The number of anilines is 2. The normalized spacial score (nSPS) is 20.1. The Morgan fingerprint density at radius 2 is 1.28 bits per heavy atom. The maximum absolute atomic E-state index is 12.6. The Morgan fingerprint density at radius 1 is 0.783 bits per heavy atom. The van der Waals surface area contributed by atoms with Crippen molar-refractivity contribution >= 4 is 58.7 Å². The van der Waals surface area contributed by atoms with E-state index in [2.05, 4.69) is 16.0 Å². The van der Waals surface area contributed by atoms with Gasteiger partial charge in [0.05, 0.1) is 6.42 Å². The third-order valence-electron chi connectivity index (χ3n) is 8.04. The minimum atomic E-state index is -1.07. The zero-order valence-corrected chi connectivity index (χ0v) is 25.0. The van der Waals surface area contributed by atoms with Gasteiger partial charge in [-0.3, -0.25) is 49.0 Å². The first-order chi connectivity index (χ1) is 21.4. The van der Waals surface area contributed by atoms with Crippen LogP contribution >= 0.6 is 0 Å². The number of hydrogen-bond donors (Lipinski definition) is 5. The summed E-state index contributed by atoms with van der Waals surface area (Å²) < 4.78 is 0. The number of carboxylic acids is 1. The SMILES string of the molecule is Nc1cccc2c1CN(C1CCC(=O)NC1=O)C2=O.O=C(O)CCC(=O)Nc1cccc2c1CN(C1CCC(=O)NC1=O)C2=O.[CH3-]. The first-order valence-electron chi connectivity index (χ1n) is 14.2. The maximum atomic E-state index is 12.6. The largest absolute Gasteiger partial charge is 0.481 e. The van der Waals surface area contributed by atoms with Crippen molar-refractivity contribution in [2.24, 2.45) is 0 Å². The van der Waals surface area contributed by atoms with Gasteiger partial charge in [0.2, 0.25) is 29.5 Å². The molecule has 0 bridgehead atoms. The smallest absolute Gasteiger partial charge is 0.303 e. The second-order valence-corrected chi connectivity index (χ2v) is 10.9. The van der Waals surface area contributed by atoms with Crippen molar-refractivity contribution in [3.63, 3.8) is 0 Å². The van der Waals surface area contributed by atoms with Gasteiger partial charge >= 0.3 is 5.97 Å². The Labute approximate surface area is 263 Å². The number of nitrogens with one attached hydrogen (secondary N) is 3. The molecule has 0 spiro atoms. The number of carbonyl (C=O) groups is 8. The highest BCUT2D eigenvalue weighted by Gasteiger charge is 2.41. The van der Waals surface area contributed by atoms with Crippen LogP contribution in [0.15, 0.2) is 36.4 Å². The molecule has 0 radical (unpaired) electrons. The number of carbonyl (C=O) groups excluding carboxylic acids is 7. The number of aliphatic carboxylic acids is 1. The van der Waals surface area contributed by atoms with Gasteiger partial charge in [-0.1, -0.05) is 12.1 Å². The Balaban J connectivity index is 0.000000213. The quantitative estimate of drug-likeness (QED) is 0.170. The number of fused-ring (bicyclic) bond motifs is 2. The number of piperidine rings is 2. The zero-order chi connectivity index (χ0) is 32.4. The average Bonchev–Trinajstić information content (AvgIpc) is 3.50. The third-order valence-corrected chi connectivity index (χ3v) is 8.04. The molecule has 4 aliphatic rings. The summed E-state index contributed by atoms with van der Waals surface area (Å²) in [6.07, 6.45) is 0.572. The molecule has 6 N–H and O–H groups in total. The molecule has 2 aromatic rings. The van der Waals surface area contributed by atoms with Crippen LogP contribution in [0.3, 0.4) is 0 Å². The molecule has 4 aliphatic heterocycles. The highest BCUT2D eigenvalue weighted by atomic mass is 16.4. The monoisotopic (exact) mass is 633 g/mol. The van der Waals surface area contributed by atoms with E-state index in [0.29, 0.717) is 41.0 Å². The molecule has 0 aromatic heterocycles. The highest BCUT2D eigenvalue weighted by Crippen LogP contribution is 2.33. The van der Waals surface area contributed by atoms with E-state index in [-0.39, 0.29) is 69.7 Å². The fourth-order valence-electron chi connectivity index (χ4n) is 5.75. The molecule has 2 atom stereocenters. The van der Waals surface area contributed by atoms with E-state index in [4.69, 9.17) is 10.8 Å². The van der Waals surface area contributed by atoms with Gasteiger partial charge < -0.3 is 33.4 Å². The van der Waals surface area contributed by atoms with Gasteiger partial charge in [0.15, 0.2) is 0 Å². The van der Waals surface area contributed by atoms with Crippen molar-refractivity contribution in [2.45, 2.75) is 63.7 Å². The number of nitrogen functional groups attached to an aromatic ring is 1. The van der Waals surface area contributed by atoms with Crippen molar-refractivity contribution in [1.82, 2.24) is 20.4 Å². The summed E-state index contributed by atoms with van der Waals surface area (Å²) in [5, 5.41) is 15.8. The lowest BCUT2D eigenvalue weighted by Crippen LogP contribution is -2.52. The summed E-state index contributed by atoms with van der Waals surface area (Å²) in [5.41, 5.74) is 9.09. The summed E-state index contributed by atoms with van der Waals surface area (Å²) in [4.78, 5) is 96.6. The Bertz CT molecular complexity index is 1650. The fraction of sp³-hybridized carbons (Fsp3) is 0.323. The van der Waals surface area contributed by atoms with Gasteiger partial charge in [-0.15, -0.1) is 0 Å². The van der Waals surface area contributed by atoms with Gasteiger partial charge in [-0.2, -0.15) is 0 Å². The molecule has 0 saturated carbocycles. The molecule has 4 heterocycles. The van der Waals surface area contributed by atoms with Crippen molar-refractivity contribution < 1.29 is 43.5 Å². The number of amides is 7. The summed E-state index contributed by atoms with van der Waals surface area (Å²) in [7, 11) is 0. The van der Waals surface area contributed by atoms with Gasteiger partial charge in [0, 0.05) is 66.0 Å². The summed E-state index contributed by atoms with van der Waals surface area (Å²) in [6, 6.07) is 8.69. The first kappa shape index (κ1) is 33.3. The zero-order valence-electron chi connectivity index (χ0n) is 25.0. The number of nitrogens with zero attached hydrogens (tertiary/aromatic N) is 2. The molecule has 46 heavy (non-hydrogen) atoms. The lowest BCUT2D eigenvalue weighted by Gasteiger charge is -2.29. The Hall–Kier alpha value is -5.60. The standard InChI is InChI=1S/C17H17N3O6.C13H13N3O3.CH3/c21-13(6-7-15(23)24)18-11-3-1-2-9-10(11)8-20(17(9)26)12-4-5-14(22)19-16(12)25;14-9-3-1-2-7-8(9)6-16(13(7)19)10-4-5-11(17)15-12(10)18;/h1-3,12H,4-8H2,(H,18,21)(H,23,24)(H,19,22,25);1-3,10H,4-6,14H2,(H,15,17,18);1H3/q;;-1. The van der Waals surface area contributed by atoms with Crippen LogP contribution in [-0.2, 0) is 41.9 Å². The fourth-order valence-corrected chi connectivity index (χ4v) is 5.75. The van der Waals surface area contributed by atoms with Crippen molar-refractivity contribution in [3.05, 3.63) is 66.1 Å². The lowest BCUT2D eigenvalue weighted by atomic mass is 10.0. The minimum absolute atomic E-state index is 0. The third kappa shape index (κ3) is 6.72. The molecular formula is C31H33N6O9-. The van der Waals surface area contributed by atoms with E-state index >= 15 is 0 Å². The van der Waals surface area contributed by atoms with Crippen LogP contribution in [0.1, 0.15) is 70.4 Å². The molecule has 2 saturated heterocycles. The predicted molar refractivity (Wildman–Crippen MR) is 161 cm³/mol. The second kappa shape index (κ2) is 13.6. The predicted octanol–water partition coefficient (Wildman–Crippen LogP) is 0.731. The van der Waals surface area contributed by atoms with E-state index in [1.807, 2.05) is 0 Å². The molecule has 2 unspecified atom stereocenters. The topological polar surface area (TPSA) is 225 Å². The van der Waals surface area contributed by atoms with E-state index in [1.165, 1.54) is 9.80 Å². The lowest BCUT2D eigenvalue weighted by molar-refractivity contribution is -0.138. The van der Waals surface area contributed by atoms with E-state index in [1.54, 1.807) is 36.4 Å². The van der Waals surface area contributed by atoms with Gasteiger partial charge in [-0.25, -0.2) is 0 Å². The minimum Gasteiger partial charge on any atom is -0.481 e. The Kier molecular flexibility index (Phi) is 9.83. The van der Waals surface area contributed by atoms with Crippen LogP contribution < -0.4 is 21.7 Å². The molecule has 0 aliphatic carbocycles. The molecule has 6 rings (SSSR count). The highest BCUT2D eigenvalue weighted by molar-refractivity contribution is 6.07. The van der Waals surface area contributed by atoms with Crippen molar-refractivity contribution in [3.8, 4) is 0 Å². The van der Waals surface area contributed by atoms with E-state index in [0.717, 1.165) is 5.56 Å². The van der Waals surface area contributed by atoms with Crippen LogP contribution in [0, 0.1) is 7.43 Å². The molecule has 242 valence electrons. The number of hydrogen-bond acceptors (Lipinski definition) is 9. The number of nitrogens with two attached hydrogens (primary N) is 1. The molecular weight excluding hydrogens is 600 g/mol. The first-order valence-corrected chi connectivity index (χ1v) is 14.2. The van der Waals surface area contributed by atoms with Crippen LogP contribution in [0.5, 0.6) is 0 Å². The number of imide groups is 2. The number of rotatable bonds is 6. The van der Waals surface area contributed by atoms with Crippen molar-refractivity contribution in [1.29, 1.82) is 0 Å². The maximum Gasteiger partial charge on any atom is 0.303 e. The summed E-state index contributed by atoms with van der Waals surface area (Å²) >= 11 is 0. The molecule has 2 fully saturated rings. The summed E-state index contributed by atoms with van der Waals surface area (Å²) in [6.45, 7) is 0.461. The molecule has 15 nitrogen and oxygen atoms in total.